The molecular weight excluding hydrogens is 246 g/mol. The monoisotopic (exact) mass is 253 g/mol. The fourth-order valence-corrected chi connectivity index (χ4v) is 2.13. The molecule has 0 aliphatic heterocycles. The van der Waals surface area contributed by atoms with Gasteiger partial charge in [0, 0.05) is 25.5 Å². The van der Waals surface area contributed by atoms with Gasteiger partial charge in [-0.2, -0.15) is 5.26 Å². The van der Waals surface area contributed by atoms with Gasteiger partial charge in [0.15, 0.2) is 10.3 Å². The van der Waals surface area contributed by atoms with Crippen LogP contribution < -0.4 is 5.32 Å². The normalized spacial score (nSPS) is 10.0. The van der Waals surface area contributed by atoms with Crippen LogP contribution in [0.5, 0.6) is 0 Å². The van der Waals surface area contributed by atoms with Crippen molar-refractivity contribution in [2.45, 2.75) is 6.54 Å². The fourth-order valence-electron chi connectivity index (χ4n) is 1.16. The second kappa shape index (κ2) is 4.96. The molecule has 2 aromatic rings. The van der Waals surface area contributed by atoms with Crippen LogP contribution in [0.1, 0.15) is 4.88 Å². The molecule has 0 aromatic carbocycles. The van der Waals surface area contributed by atoms with Gasteiger partial charge in [-0.05, 0) is 0 Å². The van der Waals surface area contributed by atoms with E-state index in [9.17, 15) is 0 Å². The number of hydrogen-bond donors (Lipinski definition) is 1. The number of halogens is 1. The summed E-state index contributed by atoms with van der Waals surface area (Å²) in [5.74, 6) is 0. The number of anilines is 1. The first-order chi connectivity index (χ1) is 7.79. The molecule has 16 heavy (non-hydrogen) atoms. The van der Waals surface area contributed by atoms with Gasteiger partial charge in [0.2, 0.25) is 0 Å². The van der Waals surface area contributed by atoms with Crippen LogP contribution in [0.15, 0.2) is 18.7 Å². The molecule has 0 fully saturated rings. The second-order valence-electron chi connectivity index (χ2n) is 2.98. The van der Waals surface area contributed by atoms with E-state index in [1.54, 1.807) is 12.5 Å². The first kappa shape index (κ1) is 10.9. The number of hydrogen-bond acceptors (Lipinski definition) is 5. The molecule has 0 amide bonds. The highest BCUT2D eigenvalue weighted by Crippen LogP contribution is 2.25. The molecule has 0 spiro atoms. The van der Waals surface area contributed by atoms with Crippen LogP contribution >= 0.6 is 22.9 Å². The topological polar surface area (TPSA) is 66.5 Å². The van der Waals surface area contributed by atoms with Crippen molar-refractivity contribution < 1.29 is 0 Å². The maximum Gasteiger partial charge on any atom is 0.185 e. The average molecular weight is 254 g/mol. The minimum atomic E-state index is 0.262. The SMILES string of the molecule is N#Cc1sc(NCCn2ccnc2)nc1Cl. The third-order valence-electron chi connectivity index (χ3n) is 1.89. The Morgan fingerprint density at radius 1 is 1.62 bits per heavy atom. The van der Waals surface area contributed by atoms with Crippen LogP contribution in [0.25, 0.3) is 0 Å². The van der Waals surface area contributed by atoms with Crippen LogP contribution in [0.4, 0.5) is 5.13 Å². The van der Waals surface area contributed by atoms with E-state index in [0.717, 1.165) is 6.54 Å². The lowest BCUT2D eigenvalue weighted by Gasteiger charge is -2.02. The molecule has 7 heteroatoms. The summed E-state index contributed by atoms with van der Waals surface area (Å²) in [5, 5.41) is 12.7. The van der Waals surface area contributed by atoms with Gasteiger partial charge in [0.1, 0.15) is 10.9 Å². The van der Waals surface area contributed by atoms with Gasteiger partial charge in [0.05, 0.1) is 6.33 Å². The molecule has 0 aliphatic carbocycles. The number of imidazole rings is 1. The van der Waals surface area contributed by atoms with E-state index in [1.807, 2.05) is 16.8 Å². The maximum absolute atomic E-state index is 8.70. The lowest BCUT2D eigenvalue weighted by atomic mass is 10.6. The Hall–Kier alpha value is -1.58. The lowest BCUT2D eigenvalue weighted by molar-refractivity contribution is 0.726. The second-order valence-corrected chi connectivity index (χ2v) is 4.34. The Balaban J connectivity index is 1.88. The van der Waals surface area contributed by atoms with E-state index >= 15 is 0 Å². The summed E-state index contributed by atoms with van der Waals surface area (Å²) in [6.07, 6.45) is 5.36. The molecule has 2 aromatic heterocycles. The number of rotatable bonds is 4. The largest absolute Gasteiger partial charge is 0.360 e. The van der Waals surface area contributed by atoms with E-state index in [1.165, 1.54) is 11.3 Å². The zero-order valence-electron chi connectivity index (χ0n) is 8.22. The summed E-state index contributed by atoms with van der Waals surface area (Å²) in [4.78, 5) is 8.40. The third kappa shape index (κ3) is 2.51. The molecule has 0 unspecified atom stereocenters. The van der Waals surface area contributed by atoms with Gasteiger partial charge in [0.25, 0.3) is 0 Å². The van der Waals surface area contributed by atoms with Gasteiger partial charge in [-0.15, -0.1) is 0 Å². The minimum absolute atomic E-state index is 0.262. The molecule has 2 heterocycles. The van der Waals surface area contributed by atoms with Crippen molar-refractivity contribution in [2.75, 3.05) is 11.9 Å². The quantitative estimate of drug-likeness (QED) is 0.905. The van der Waals surface area contributed by atoms with Crippen molar-refractivity contribution in [1.82, 2.24) is 14.5 Å². The molecule has 0 saturated heterocycles. The standard InChI is InChI=1S/C9H8ClN5S/c10-8-7(5-11)16-9(14-8)13-2-4-15-3-1-12-6-15/h1,3,6H,2,4H2,(H,13,14). The van der Waals surface area contributed by atoms with Crippen molar-refractivity contribution in [3.05, 3.63) is 28.8 Å². The van der Waals surface area contributed by atoms with Crippen LogP contribution in [0.2, 0.25) is 5.15 Å². The Morgan fingerprint density at radius 3 is 3.12 bits per heavy atom. The van der Waals surface area contributed by atoms with Crippen LogP contribution in [0.3, 0.4) is 0 Å². The summed E-state index contributed by atoms with van der Waals surface area (Å²) in [6.45, 7) is 1.50. The Labute approximate surface area is 101 Å². The van der Waals surface area contributed by atoms with E-state index in [-0.39, 0.29) is 5.15 Å². The number of aromatic nitrogens is 3. The third-order valence-corrected chi connectivity index (χ3v) is 3.20. The van der Waals surface area contributed by atoms with Crippen LogP contribution in [-0.4, -0.2) is 21.1 Å². The van der Waals surface area contributed by atoms with Gasteiger partial charge >= 0.3 is 0 Å². The first-order valence-electron chi connectivity index (χ1n) is 4.55. The molecule has 0 aliphatic rings. The zero-order valence-corrected chi connectivity index (χ0v) is 9.79. The molecule has 0 bridgehead atoms. The van der Waals surface area contributed by atoms with E-state index in [0.29, 0.717) is 16.6 Å². The Kier molecular flexibility index (Phi) is 3.39. The summed E-state index contributed by atoms with van der Waals surface area (Å²) < 4.78 is 1.95. The summed E-state index contributed by atoms with van der Waals surface area (Å²) >= 11 is 7.00. The molecule has 2 rings (SSSR count). The van der Waals surface area contributed by atoms with Gasteiger partial charge in [-0.1, -0.05) is 22.9 Å². The van der Waals surface area contributed by atoms with Crippen LogP contribution in [0, 0.1) is 11.3 Å². The smallest absolute Gasteiger partial charge is 0.185 e. The van der Waals surface area contributed by atoms with Crippen molar-refractivity contribution in [2.24, 2.45) is 0 Å². The van der Waals surface area contributed by atoms with E-state index in [4.69, 9.17) is 16.9 Å². The molecule has 0 saturated carbocycles. The van der Waals surface area contributed by atoms with Crippen molar-refractivity contribution in [1.29, 1.82) is 5.26 Å². The van der Waals surface area contributed by atoms with Crippen molar-refractivity contribution >= 4 is 28.1 Å². The number of nitriles is 1. The maximum atomic E-state index is 8.70. The van der Waals surface area contributed by atoms with Gasteiger partial charge < -0.3 is 9.88 Å². The highest BCUT2D eigenvalue weighted by molar-refractivity contribution is 7.16. The molecule has 0 atom stereocenters. The molecule has 82 valence electrons. The van der Waals surface area contributed by atoms with E-state index < -0.39 is 0 Å². The highest BCUT2D eigenvalue weighted by atomic mass is 35.5. The number of thiazole rings is 1. The zero-order chi connectivity index (χ0) is 11.4. The summed E-state index contributed by atoms with van der Waals surface area (Å²) in [5.41, 5.74) is 0. The molecule has 0 radical (unpaired) electrons. The predicted octanol–water partition coefficient (Wildman–Crippen LogP) is 1.98. The Morgan fingerprint density at radius 2 is 2.50 bits per heavy atom. The van der Waals surface area contributed by atoms with Gasteiger partial charge in [-0.3, -0.25) is 0 Å². The molecule has 1 N–H and O–H groups in total. The van der Waals surface area contributed by atoms with Gasteiger partial charge in [-0.25, -0.2) is 9.97 Å². The van der Waals surface area contributed by atoms with E-state index in [2.05, 4.69) is 15.3 Å². The lowest BCUT2D eigenvalue weighted by Crippen LogP contribution is -2.08. The number of nitrogens with zero attached hydrogens (tertiary/aromatic N) is 4. The molecular formula is C9H8ClN5S. The minimum Gasteiger partial charge on any atom is -0.360 e. The summed E-state index contributed by atoms with van der Waals surface area (Å²) in [7, 11) is 0. The van der Waals surface area contributed by atoms with Crippen LogP contribution in [-0.2, 0) is 6.54 Å². The summed E-state index contributed by atoms with van der Waals surface area (Å²) in [6, 6.07) is 1.99. The average Bonchev–Trinajstić information content (AvgIpc) is 2.88. The first-order valence-corrected chi connectivity index (χ1v) is 5.75. The number of nitrogens with one attached hydrogen (secondary N) is 1. The fraction of sp³-hybridized carbons (Fsp3) is 0.222. The van der Waals surface area contributed by atoms with Crippen molar-refractivity contribution in [3.8, 4) is 6.07 Å². The Bertz CT molecular complexity index is 498. The highest BCUT2D eigenvalue weighted by Gasteiger charge is 2.07. The van der Waals surface area contributed by atoms with Crippen molar-refractivity contribution in [3.63, 3.8) is 0 Å². The predicted molar refractivity (Wildman–Crippen MR) is 62.6 cm³/mol. The molecule has 5 nitrogen and oxygen atoms in total.